The molecule has 152 valence electrons. The lowest BCUT2D eigenvalue weighted by Crippen LogP contribution is -2.13. The minimum Gasteiger partial charge on any atom is -0.487 e. The minimum atomic E-state index is -0.110. The van der Waals surface area contributed by atoms with E-state index in [4.69, 9.17) is 9.15 Å². The topological polar surface area (TPSA) is 72.3 Å². The van der Waals surface area contributed by atoms with Gasteiger partial charge in [0, 0.05) is 34.2 Å². The fourth-order valence-corrected chi connectivity index (χ4v) is 3.66. The molecule has 0 aliphatic carbocycles. The van der Waals surface area contributed by atoms with Crippen LogP contribution in [0.2, 0.25) is 0 Å². The maximum absolute atomic E-state index is 12.6. The van der Waals surface area contributed by atoms with Crippen molar-refractivity contribution in [3.8, 4) is 17.1 Å². The largest absolute Gasteiger partial charge is 0.487 e. The number of ether oxygens (including phenoxy) is 1. The predicted molar refractivity (Wildman–Crippen MR) is 122 cm³/mol. The van der Waals surface area contributed by atoms with Crippen LogP contribution in [-0.4, -0.2) is 4.98 Å². The summed E-state index contributed by atoms with van der Waals surface area (Å²) in [7, 11) is 0. The Bertz CT molecular complexity index is 1530. The molecule has 0 spiro atoms. The molecule has 0 radical (unpaired) electrons. The van der Waals surface area contributed by atoms with E-state index < -0.39 is 0 Å². The van der Waals surface area contributed by atoms with E-state index in [1.165, 1.54) is 6.07 Å². The highest BCUT2D eigenvalue weighted by atomic mass is 16.5. The van der Waals surface area contributed by atoms with Crippen molar-refractivity contribution in [3.05, 3.63) is 111 Å². The number of rotatable bonds is 4. The van der Waals surface area contributed by atoms with Gasteiger partial charge in [-0.2, -0.15) is 0 Å². The number of hydrogen-bond acceptors (Lipinski definition) is 4. The Morgan fingerprint density at radius 1 is 0.871 bits per heavy atom. The van der Waals surface area contributed by atoms with Crippen LogP contribution in [0.4, 0.5) is 0 Å². The molecule has 0 saturated carbocycles. The molecule has 0 aliphatic heterocycles. The van der Waals surface area contributed by atoms with Gasteiger partial charge in [-0.1, -0.05) is 42.5 Å². The van der Waals surface area contributed by atoms with Gasteiger partial charge in [0.25, 0.3) is 0 Å². The Labute approximate surface area is 177 Å². The highest BCUT2D eigenvalue weighted by Crippen LogP contribution is 2.25. The van der Waals surface area contributed by atoms with Gasteiger partial charge in [-0.25, -0.2) is 0 Å². The summed E-state index contributed by atoms with van der Waals surface area (Å²) in [6.07, 6.45) is 0. The Hall–Kier alpha value is -4.12. The van der Waals surface area contributed by atoms with Crippen molar-refractivity contribution >= 4 is 21.9 Å². The summed E-state index contributed by atoms with van der Waals surface area (Å²) in [6, 6.07) is 23.5. The van der Waals surface area contributed by atoms with Crippen LogP contribution in [0.15, 0.2) is 92.9 Å². The van der Waals surface area contributed by atoms with Gasteiger partial charge in [-0.15, -0.1) is 0 Å². The number of aromatic nitrogens is 1. The summed E-state index contributed by atoms with van der Waals surface area (Å²) in [4.78, 5) is 28.4. The van der Waals surface area contributed by atoms with E-state index in [2.05, 4.69) is 4.98 Å². The smallest absolute Gasteiger partial charge is 0.193 e. The number of nitrogens with one attached hydrogen (secondary N) is 1. The van der Waals surface area contributed by atoms with Gasteiger partial charge in [-0.3, -0.25) is 9.59 Å². The first-order chi connectivity index (χ1) is 15.1. The van der Waals surface area contributed by atoms with Crippen molar-refractivity contribution in [3.63, 3.8) is 0 Å². The Balaban J connectivity index is 1.49. The molecule has 0 aliphatic rings. The van der Waals surface area contributed by atoms with Gasteiger partial charge in [-0.05, 0) is 31.2 Å². The first kappa shape index (κ1) is 18.9. The second kappa shape index (κ2) is 7.61. The second-order valence-electron chi connectivity index (χ2n) is 7.39. The molecule has 3 aromatic carbocycles. The summed E-state index contributed by atoms with van der Waals surface area (Å²) in [5, 5.41) is 1.15. The Kier molecular flexibility index (Phi) is 4.64. The standard InChI is InChI=1S/C26H19NO4/c1-16-22(27-21-10-6-5-9-19(21)26(16)29)15-30-18-11-12-20-23(28)14-24(31-25(20)13-18)17-7-3-2-4-8-17/h2-14H,15H2,1H3,(H,27,29). The van der Waals surface area contributed by atoms with Gasteiger partial charge < -0.3 is 14.1 Å². The van der Waals surface area contributed by atoms with Crippen molar-refractivity contribution in [2.45, 2.75) is 13.5 Å². The molecule has 2 heterocycles. The van der Waals surface area contributed by atoms with E-state index >= 15 is 0 Å². The molecule has 0 amide bonds. The third-order valence-electron chi connectivity index (χ3n) is 5.39. The van der Waals surface area contributed by atoms with Gasteiger partial charge in [0.15, 0.2) is 10.9 Å². The summed E-state index contributed by atoms with van der Waals surface area (Å²) < 4.78 is 11.9. The van der Waals surface area contributed by atoms with Crippen molar-refractivity contribution < 1.29 is 9.15 Å². The summed E-state index contributed by atoms with van der Waals surface area (Å²) in [6.45, 7) is 1.98. The zero-order chi connectivity index (χ0) is 21.4. The maximum Gasteiger partial charge on any atom is 0.193 e. The third-order valence-corrected chi connectivity index (χ3v) is 5.39. The molecule has 0 fully saturated rings. The zero-order valence-electron chi connectivity index (χ0n) is 16.8. The molecule has 5 rings (SSSR count). The summed E-state index contributed by atoms with van der Waals surface area (Å²) in [5.74, 6) is 1.05. The van der Waals surface area contributed by atoms with Crippen molar-refractivity contribution in [1.82, 2.24) is 4.98 Å². The van der Waals surface area contributed by atoms with Crippen LogP contribution in [0.3, 0.4) is 0 Å². The minimum absolute atomic E-state index is 0.00930. The average Bonchev–Trinajstić information content (AvgIpc) is 2.81. The molecule has 0 saturated heterocycles. The van der Waals surface area contributed by atoms with Crippen molar-refractivity contribution in [1.29, 1.82) is 0 Å². The molecule has 5 aromatic rings. The molecule has 5 nitrogen and oxygen atoms in total. The Morgan fingerprint density at radius 2 is 1.65 bits per heavy atom. The van der Waals surface area contributed by atoms with E-state index in [1.54, 1.807) is 25.1 Å². The lowest BCUT2D eigenvalue weighted by Gasteiger charge is -2.11. The third kappa shape index (κ3) is 3.51. The van der Waals surface area contributed by atoms with Crippen LogP contribution in [0.1, 0.15) is 11.3 Å². The van der Waals surface area contributed by atoms with Crippen LogP contribution in [-0.2, 0) is 6.61 Å². The molecule has 0 unspecified atom stereocenters. The lowest BCUT2D eigenvalue weighted by molar-refractivity contribution is 0.301. The molecule has 0 bridgehead atoms. The number of para-hydroxylation sites is 1. The molecule has 1 N–H and O–H groups in total. The number of pyridine rings is 1. The van der Waals surface area contributed by atoms with Crippen LogP contribution in [0.5, 0.6) is 5.75 Å². The van der Waals surface area contributed by atoms with Crippen molar-refractivity contribution in [2.75, 3.05) is 0 Å². The van der Waals surface area contributed by atoms with E-state index in [-0.39, 0.29) is 17.5 Å². The first-order valence-electron chi connectivity index (χ1n) is 9.97. The first-order valence-corrected chi connectivity index (χ1v) is 9.97. The second-order valence-corrected chi connectivity index (χ2v) is 7.39. The fraction of sp³-hybridized carbons (Fsp3) is 0.0769. The number of hydrogen-bond donors (Lipinski definition) is 1. The quantitative estimate of drug-likeness (QED) is 0.443. The van der Waals surface area contributed by atoms with Crippen molar-refractivity contribution in [2.24, 2.45) is 0 Å². The maximum atomic E-state index is 12.6. The monoisotopic (exact) mass is 409 g/mol. The van der Waals surface area contributed by atoms with Crippen LogP contribution in [0, 0.1) is 6.92 Å². The number of benzene rings is 3. The van der Waals surface area contributed by atoms with E-state index in [9.17, 15) is 9.59 Å². The predicted octanol–water partition coefficient (Wildman–Crippen LogP) is 5.19. The van der Waals surface area contributed by atoms with Crippen LogP contribution >= 0.6 is 0 Å². The van der Waals surface area contributed by atoms with E-state index in [0.29, 0.717) is 39.1 Å². The highest BCUT2D eigenvalue weighted by Gasteiger charge is 2.11. The fourth-order valence-electron chi connectivity index (χ4n) is 3.66. The molecular formula is C26H19NO4. The molecule has 5 heteroatoms. The van der Waals surface area contributed by atoms with E-state index in [1.807, 2.05) is 54.6 Å². The molecule has 2 aromatic heterocycles. The number of H-pyrrole nitrogens is 1. The number of aromatic amines is 1. The number of fused-ring (bicyclic) bond motifs is 2. The summed E-state index contributed by atoms with van der Waals surface area (Å²) in [5.41, 5.74) is 3.27. The van der Waals surface area contributed by atoms with Gasteiger partial charge in [0.05, 0.1) is 11.1 Å². The van der Waals surface area contributed by atoms with Crippen LogP contribution < -0.4 is 15.6 Å². The van der Waals surface area contributed by atoms with Gasteiger partial charge in [0.2, 0.25) is 0 Å². The zero-order valence-corrected chi connectivity index (χ0v) is 16.8. The normalized spacial score (nSPS) is 11.1. The molecular weight excluding hydrogens is 390 g/mol. The highest BCUT2D eigenvalue weighted by molar-refractivity contribution is 5.80. The average molecular weight is 409 g/mol. The molecule has 0 atom stereocenters. The lowest BCUT2D eigenvalue weighted by atomic mass is 10.1. The van der Waals surface area contributed by atoms with Gasteiger partial charge >= 0.3 is 0 Å². The Morgan fingerprint density at radius 3 is 2.48 bits per heavy atom. The molecule has 31 heavy (non-hydrogen) atoms. The SMILES string of the molecule is Cc1c(COc2ccc3c(=O)cc(-c4ccccc4)oc3c2)[nH]c2ccccc2c1=O. The van der Waals surface area contributed by atoms with Crippen LogP contribution in [0.25, 0.3) is 33.2 Å². The van der Waals surface area contributed by atoms with Gasteiger partial charge in [0.1, 0.15) is 23.7 Å². The van der Waals surface area contributed by atoms with E-state index in [0.717, 1.165) is 11.1 Å². The summed E-state index contributed by atoms with van der Waals surface area (Å²) >= 11 is 0.